The average Bonchev–Trinajstić information content (AvgIpc) is 3.07. The topological polar surface area (TPSA) is 45.2 Å². The van der Waals surface area contributed by atoms with Crippen molar-refractivity contribution in [2.75, 3.05) is 16.8 Å². The van der Waals surface area contributed by atoms with E-state index in [-0.39, 0.29) is 6.03 Å². The maximum absolute atomic E-state index is 12.6. The van der Waals surface area contributed by atoms with Crippen LogP contribution in [0.5, 0.6) is 0 Å². The van der Waals surface area contributed by atoms with Gasteiger partial charge in [0.05, 0.1) is 10.7 Å². The smallest absolute Gasteiger partial charge is 0.306 e. The summed E-state index contributed by atoms with van der Waals surface area (Å²) in [6.45, 7) is 0.658. The Morgan fingerprint density at radius 3 is 2.64 bits per heavy atom. The van der Waals surface area contributed by atoms with Crippen LogP contribution in [0.3, 0.4) is 0 Å². The van der Waals surface area contributed by atoms with Gasteiger partial charge in [-0.15, -0.1) is 0 Å². The molecular formula is C20H16ClN3O. The molecule has 0 unspecified atom stereocenters. The number of urea groups is 1. The van der Waals surface area contributed by atoms with Crippen LogP contribution in [0.25, 0.3) is 11.1 Å². The summed E-state index contributed by atoms with van der Waals surface area (Å²) in [6.07, 6.45) is 4.40. The molecule has 1 aliphatic heterocycles. The number of hydrogen-bond acceptors (Lipinski definition) is 2. The second-order valence-corrected chi connectivity index (χ2v) is 6.30. The molecule has 4 nitrogen and oxygen atoms in total. The maximum Gasteiger partial charge on any atom is 0.326 e. The molecule has 0 spiro atoms. The molecule has 0 bridgehead atoms. The number of para-hydroxylation sites is 1. The summed E-state index contributed by atoms with van der Waals surface area (Å²) in [5, 5.41) is 3.42. The van der Waals surface area contributed by atoms with Crippen molar-refractivity contribution in [2.24, 2.45) is 0 Å². The summed E-state index contributed by atoms with van der Waals surface area (Å²) in [7, 11) is 0. The Morgan fingerprint density at radius 1 is 1.04 bits per heavy atom. The minimum absolute atomic E-state index is 0.163. The van der Waals surface area contributed by atoms with E-state index in [9.17, 15) is 4.79 Å². The van der Waals surface area contributed by atoms with Gasteiger partial charge < -0.3 is 5.32 Å². The van der Waals surface area contributed by atoms with Crippen LogP contribution in [0.1, 0.15) is 5.56 Å². The highest BCUT2D eigenvalue weighted by Crippen LogP contribution is 2.33. The third-order valence-corrected chi connectivity index (χ3v) is 4.68. The Morgan fingerprint density at radius 2 is 1.84 bits per heavy atom. The largest absolute Gasteiger partial charge is 0.326 e. The second-order valence-electron chi connectivity index (χ2n) is 5.89. The number of pyridine rings is 1. The molecule has 0 saturated heterocycles. The molecule has 2 heterocycles. The highest BCUT2D eigenvalue weighted by Gasteiger charge is 2.25. The van der Waals surface area contributed by atoms with Crippen LogP contribution >= 0.6 is 11.6 Å². The highest BCUT2D eigenvalue weighted by molar-refractivity contribution is 6.33. The predicted molar refractivity (Wildman–Crippen MR) is 101 cm³/mol. The van der Waals surface area contributed by atoms with Crippen molar-refractivity contribution >= 4 is 29.0 Å². The van der Waals surface area contributed by atoms with Crippen LogP contribution in [0.4, 0.5) is 16.2 Å². The van der Waals surface area contributed by atoms with Gasteiger partial charge in [-0.25, -0.2) is 4.79 Å². The van der Waals surface area contributed by atoms with Crippen LogP contribution in [0, 0.1) is 0 Å². The van der Waals surface area contributed by atoms with Crippen molar-refractivity contribution in [1.29, 1.82) is 0 Å². The molecule has 1 aromatic heterocycles. The molecule has 2 aromatic carbocycles. The Bertz CT molecular complexity index is 927. The van der Waals surface area contributed by atoms with E-state index in [0.29, 0.717) is 17.3 Å². The zero-order valence-corrected chi connectivity index (χ0v) is 14.2. The molecule has 0 atom stereocenters. The minimum atomic E-state index is -0.163. The number of benzene rings is 2. The van der Waals surface area contributed by atoms with Gasteiger partial charge in [0.15, 0.2) is 0 Å². The van der Waals surface area contributed by atoms with Gasteiger partial charge in [0.1, 0.15) is 0 Å². The first-order valence-electron chi connectivity index (χ1n) is 8.09. The minimum Gasteiger partial charge on any atom is -0.306 e. The lowest BCUT2D eigenvalue weighted by Gasteiger charge is -2.19. The molecule has 0 aliphatic carbocycles. The number of nitrogens with one attached hydrogen (secondary N) is 1. The van der Waals surface area contributed by atoms with Gasteiger partial charge >= 0.3 is 6.03 Å². The zero-order chi connectivity index (χ0) is 17.2. The van der Waals surface area contributed by atoms with Crippen molar-refractivity contribution in [3.8, 4) is 11.1 Å². The molecular weight excluding hydrogens is 334 g/mol. The number of aromatic nitrogens is 1. The van der Waals surface area contributed by atoms with Crippen LogP contribution in [-0.4, -0.2) is 17.6 Å². The Balaban J connectivity index is 1.58. The number of carbonyl (C=O) groups excluding carboxylic acids is 1. The lowest BCUT2D eigenvalue weighted by Crippen LogP contribution is -2.33. The van der Waals surface area contributed by atoms with E-state index in [1.54, 1.807) is 29.4 Å². The molecule has 4 rings (SSSR count). The number of nitrogens with zero attached hydrogens (tertiary/aromatic N) is 2. The normalized spacial score (nSPS) is 12.8. The monoisotopic (exact) mass is 349 g/mol. The van der Waals surface area contributed by atoms with Crippen LogP contribution in [0.2, 0.25) is 5.02 Å². The summed E-state index contributed by atoms with van der Waals surface area (Å²) in [5.74, 6) is 0. The maximum atomic E-state index is 12.6. The van der Waals surface area contributed by atoms with Gasteiger partial charge in [-0.1, -0.05) is 29.8 Å². The van der Waals surface area contributed by atoms with Crippen LogP contribution in [-0.2, 0) is 6.42 Å². The Hall–Kier alpha value is -2.85. The molecule has 3 aromatic rings. The molecule has 0 fully saturated rings. The second kappa shape index (κ2) is 6.57. The Labute approximate surface area is 151 Å². The van der Waals surface area contributed by atoms with Crippen molar-refractivity contribution in [2.45, 2.75) is 6.42 Å². The van der Waals surface area contributed by atoms with Gasteiger partial charge in [-0.3, -0.25) is 9.88 Å². The number of halogens is 1. The third kappa shape index (κ3) is 3.08. The van der Waals surface area contributed by atoms with E-state index in [0.717, 1.165) is 23.2 Å². The first-order chi connectivity index (χ1) is 12.2. The van der Waals surface area contributed by atoms with Crippen molar-refractivity contribution in [1.82, 2.24) is 4.98 Å². The number of anilines is 2. The molecule has 5 heteroatoms. The Kier molecular flexibility index (Phi) is 4.12. The van der Waals surface area contributed by atoms with Crippen molar-refractivity contribution in [3.63, 3.8) is 0 Å². The predicted octanol–water partition coefficient (Wildman–Crippen LogP) is 5.00. The summed E-state index contributed by atoms with van der Waals surface area (Å²) < 4.78 is 0. The van der Waals surface area contributed by atoms with Gasteiger partial charge in [-0.2, -0.15) is 0 Å². The number of hydrogen-bond donors (Lipinski definition) is 1. The standard InChI is InChI=1S/C20H16ClN3O/c21-17-3-1-2-4-18(17)23-20(25)24-12-9-16-13-15(5-6-19(16)24)14-7-10-22-11-8-14/h1-8,10-11,13H,9,12H2,(H,23,25). The molecule has 0 radical (unpaired) electrons. The summed E-state index contributed by atoms with van der Waals surface area (Å²) in [6, 6.07) is 17.2. The lowest BCUT2D eigenvalue weighted by atomic mass is 10.0. The average molecular weight is 350 g/mol. The van der Waals surface area contributed by atoms with Gasteiger partial charge in [0.2, 0.25) is 0 Å². The van der Waals surface area contributed by atoms with E-state index in [1.165, 1.54) is 5.56 Å². The van der Waals surface area contributed by atoms with Gasteiger partial charge in [-0.05, 0) is 59.5 Å². The van der Waals surface area contributed by atoms with E-state index in [4.69, 9.17) is 11.6 Å². The molecule has 25 heavy (non-hydrogen) atoms. The first-order valence-corrected chi connectivity index (χ1v) is 8.46. The number of amides is 2. The zero-order valence-electron chi connectivity index (χ0n) is 13.4. The van der Waals surface area contributed by atoms with Crippen molar-refractivity contribution < 1.29 is 4.79 Å². The SMILES string of the molecule is O=C(Nc1ccccc1Cl)N1CCc2cc(-c3ccncc3)ccc21. The van der Waals surface area contributed by atoms with Gasteiger partial charge in [0, 0.05) is 24.6 Å². The van der Waals surface area contributed by atoms with E-state index in [2.05, 4.69) is 16.4 Å². The first kappa shape index (κ1) is 15.7. The molecule has 2 amide bonds. The van der Waals surface area contributed by atoms with Gasteiger partial charge in [0.25, 0.3) is 0 Å². The van der Waals surface area contributed by atoms with E-state index in [1.807, 2.05) is 36.4 Å². The highest BCUT2D eigenvalue weighted by atomic mass is 35.5. The third-order valence-electron chi connectivity index (χ3n) is 4.35. The molecule has 0 saturated carbocycles. The molecule has 1 aliphatic rings. The fraction of sp³-hybridized carbons (Fsp3) is 0.100. The number of fused-ring (bicyclic) bond motifs is 1. The van der Waals surface area contributed by atoms with Crippen LogP contribution < -0.4 is 10.2 Å². The summed E-state index contributed by atoms with van der Waals surface area (Å²) >= 11 is 6.13. The summed E-state index contributed by atoms with van der Waals surface area (Å²) in [4.78, 5) is 18.4. The quantitative estimate of drug-likeness (QED) is 0.707. The summed E-state index contributed by atoms with van der Waals surface area (Å²) in [5.41, 5.74) is 4.99. The van der Waals surface area contributed by atoms with Crippen LogP contribution in [0.15, 0.2) is 67.0 Å². The van der Waals surface area contributed by atoms with E-state index >= 15 is 0 Å². The number of rotatable bonds is 2. The molecule has 124 valence electrons. The fourth-order valence-electron chi connectivity index (χ4n) is 3.08. The lowest BCUT2D eigenvalue weighted by molar-refractivity contribution is 0.257. The van der Waals surface area contributed by atoms with Crippen molar-refractivity contribution in [3.05, 3.63) is 77.6 Å². The molecule has 1 N–H and O–H groups in total. The van der Waals surface area contributed by atoms with E-state index < -0.39 is 0 Å². The number of carbonyl (C=O) groups is 1. The fourth-order valence-corrected chi connectivity index (χ4v) is 3.26.